The number of benzene rings is 1. The molecule has 0 aromatic heterocycles. The van der Waals surface area contributed by atoms with E-state index in [4.69, 9.17) is 0 Å². The van der Waals surface area contributed by atoms with Crippen molar-refractivity contribution in [2.24, 2.45) is 0 Å². The van der Waals surface area contributed by atoms with Crippen LogP contribution in [-0.2, 0) is 0 Å². The van der Waals surface area contributed by atoms with E-state index in [1.807, 2.05) is 0 Å². The average molecular weight is 219 g/mol. The highest BCUT2D eigenvalue weighted by atomic mass is 28.3. The van der Waals surface area contributed by atoms with E-state index in [0.29, 0.717) is 5.54 Å². The van der Waals surface area contributed by atoms with Crippen LogP contribution in [0.3, 0.4) is 0 Å². The molecule has 1 unspecified atom stereocenters. The molecule has 0 saturated carbocycles. The minimum Gasteiger partial charge on any atom is -0.322 e. The van der Waals surface area contributed by atoms with Crippen LogP contribution in [0.25, 0.3) is 0 Å². The van der Waals surface area contributed by atoms with E-state index in [1.165, 1.54) is 5.19 Å². The summed E-state index contributed by atoms with van der Waals surface area (Å²) in [5.41, 5.74) is 2.82. The third-order valence-electron chi connectivity index (χ3n) is 3.17. The van der Waals surface area contributed by atoms with Gasteiger partial charge in [-0.05, 0) is 24.8 Å². The Labute approximate surface area is 94.5 Å². The summed E-state index contributed by atoms with van der Waals surface area (Å²) in [5.74, 6) is 0. The van der Waals surface area contributed by atoms with E-state index >= 15 is 0 Å². The number of rotatable bonds is 4. The molecule has 82 valence electrons. The molecule has 1 aromatic carbocycles. The lowest BCUT2D eigenvalue weighted by Gasteiger charge is -2.38. The lowest BCUT2D eigenvalue weighted by Crippen LogP contribution is -2.60. The smallest absolute Gasteiger partial charge is 0.186 e. The first-order valence-electron chi connectivity index (χ1n) is 5.42. The maximum Gasteiger partial charge on any atom is 0.186 e. The Balaban J connectivity index is 3.28. The molecule has 15 heavy (non-hydrogen) atoms. The highest BCUT2D eigenvalue weighted by Gasteiger charge is 2.38. The van der Waals surface area contributed by atoms with Gasteiger partial charge < -0.3 is 4.57 Å². The van der Waals surface area contributed by atoms with Crippen molar-refractivity contribution in [3.05, 3.63) is 42.6 Å². The average Bonchev–Trinajstić information content (AvgIpc) is 2.20. The van der Waals surface area contributed by atoms with Crippen LogP contribution in [0, 0.1) is 0 Å². The Morgan fingerprint density at radius 2 is 1.73 bits per heavy atom. The van der Waals surface area contributed by atoms with Crippen LogP contribution in [-0.4, -0.2) is 26.9 Å². The van der Waals surface area contributed by atoms with Crippen LogP contribution in [0.15, 0.2) is 42.6 Å². The molecule has 1 rings (SSSR count). The van der Waals surface area contributed by atoms with Crippen molar-refractivity contribution in [3.63, 3.8) is 0 Å². The van der Waals surface area contributed by atoms with Crippen molar-refractivity contribution in [1.82, 2.24) is 4.57 Å². The molecule has 0 aliphatic rings. The monoisotopic (exact) mass is 219 g/mol. The second-order valence-electron chi connectivity index (χ2n) is 4.44. The standard InChI is InChI=1S/C13H21NSi/c1-6-15(12(2)3,14(4)5)13-10-8-7-9-11-13/h6-12H,1H2,2-5H3. The zero-order chi connectivity index (χ0) is 11.5. The third-order valence-corrected chi connectivity index (χ3v) is 8.29. The van der Waals surface area contributed by atoms with Crippen LogP contribution in [0.5, 0.6) is 0 Å². The summed E-state index contributed by atoms with van der Waals surface area (Å²) in [6, 6.07) is 10.8. The van der Waals surface area contributed by atoms with Gasteiger partial charge in [-0.15, -0.1) is 6.58 Å². The summed E-state index contributed by atoms with van der Waals surface area (Å²) in [7, 11) is 2.63. The van der Waals surface area contributed by atoms with Gasteiger partial charge >= 0.3 is 0 Å². The van der Waals surface area contributed by atoms with Gasteiger partial charge in [0.1, 0.15) is 0 Å². The van der Waals surface area contributed by atoms with E-state index in [2.05, 4.69) is 75.1 Å². The molecular formula is C13H21NSi. The summed E-state index contributed by atoms with van der Waals surface area (Å²) in [4.78, 5) is 0. The first-order chi connectivity index (χ1) is 7.05. The second kappa shape index (κ2) is 4.77. The normalized spacial score (nSPS) is 15.3. The van der Waals surface area contributed by atoms with Gasteiger partial charge in [-0.3, -0.25) is 0 Å². The van der Waals surface area contributed by atoms with E-state index < -0.39 is 8.24 Å². The highest BCUT2D eigenvalue weighted by Crippen LogP contribution is 2.23. The van der Waals surface area contributed by atoms with E-state index in [-0.39, 0.29) is 0 Å². The Hall–Kier alpha value is -0.863. The number of nitrogens with zero attached hydrogens (tertiary/aromatic N) is 1. The molecule has 1 nitrogen and oxygen atoms in total. The van der Waals surface area contributed by atoms with Gasteiger partial charge in [-0.25, -0.2) is 0 Å². The van der Waals surface area contributed by atoms with Crippen molar-refractivity contribution >= 4 is 13.4 Å². The number of hydrogen-bond donors (Lipinski definition) is 0. The Bertz CT molecular complexity index is 309. The molecule has 0 spiro atoms. The van der Waals surface area contributed by atoms with Gasteiger partial charge in [0.15, 0.2) is 8.24 Å². The molecule has 0 N–H and O–H groups in total. The first-order valence-corrected chi connectivity index (χ1v) is 7.52. The lowest BCUT2D eigenvalue weighted by atomic mass is 10.4. The van der Waals surface area contributed by atoms with E-state index in [1.54, 1.807) is 0 Å². The molecule has 0 heterocycles. The summed E-state index contributed by atoms with van der Waals surface area (Å²) in [6.07, 6.45) is 0. The quantitative estimate of drug-likeness (QED) is 0.704. The Kier molecular flexibility index (Phi) is 3.88. The largest absolute Gasteiger partial charge is 0.322 e. The third kappa shape index (κ3) is 2.06. The van der Waals surface area contributed by atoms with E-state index in [9.17, 15) is 0 Å². The van der Waals surface area contributed by atoms with Gasteiger partial charge in [-0.1, -0.05) is 49.9 Å². The molecule has 0 radical (unpaired) electrons. The van der Waals surface area contributed by atoms with Gasteiger partial charge in [-0.2, -0.15) is 0 Å². The van der Waals surface area contributed by atoms with Crippen LogP contribution in [0.4, 0.5) is 0 Å². The first kappa shape index (κ1) is 12.2. The van der Waals surface area contributed by atoms with Crippen molar-refractivity contribution in [1.29, 1.82) is 0 Å². The van der Waals surface area contributed by atoms with Crippen LogP contribution in [0.2, 0.25) is 5.54 Å². The van der Waals surface area contributed by atoms with Crippen LogP contribution >= 0.6 is 0 Å². The summed E-state index contributed by atoms with van der Waals surface area (Å²) in [5, 5.41) is 1.44. The van der Waals surface area contributed by atoms with Gasteiger partial charge in [0.25, 0.3) is 0 Å². The molecule has 0 aliphatic carbocycles. The second-order valence-corrected chi connectivity index (χ2v) is 9.13. The fraction of sp³-hybridized carbons (Fsp3) is 0.385. The van der Waals surface area contributed by atoms with Gasteiger partial charge in [0.2, 0.25) is 0 Å². The highest BCUT2D eigenvalue weighted by molar-refractivity contribution is 6.94. The summed E-state index contributed by atoms with van der Waals surface area (Å²) < 4.78 is 2.38. The lowest BCUT2D eigenvalue weighted by molar-refractivity contribution is 0.615. The maximum absolute atomic E-state index is 4.07. The topological polar surface area (TPSA) is 3.24 Å². The maximum atomic E-state index is 4.07. The van der Waals surface area contributed by atoms with Crippen LogP contribution in [0.1, 0.15) is 13.8 Å². The molecular weight excluding hydrogens is 198 g/mol. The van der Waals surface area contributed by atoms with Crippen molar-refractivity contribution in [3.8, 4) is 0 Å². The molecule has 0 fully saturated rings. The minimum atomic E-state index is -1.70. The predicted molar refractivity (Wildman–Crippen MR) is 70.8 cm³/mol. The Morgan fingerprint density at radius 1 is 1.20 bits per heavy atom. The fourth-order valence-electron chi connectivity index (χ4n) is 2.35. The molecule has 0 amide bonds. The fourth-order valence-corrected chi connectivity index (χ4v) is 6.36. The molecule has 1 aromatic rings. The Morgan fingerprint density at radius 3 is 2.07 bits per heavy atom. The van der Waals surface area contributed by atoms with Crippen molar-refractivity contribution < 1.29 is 0 Å². The van der Waals surface area contributed by atoms with Gasteiger partial charge in [0.05, 0.1) is 0 Å². The van der Waals surface area contributed by atoms with Crippen molar-refractivity contribution in [2.45, 2.75) is 19.4 Å². The van der Waals surface area contributed by atoms with Gasteiger partial charge in [0, 0.05) is 0 Å². The molecule has 0 aliphatic heterocycles. The van der Waals surface area contributed by atoms with E-state index in [0.717, 1.165) is 0 Å². The minimum absolute atomic E-state index is 0.632. The predicted octanol–water partition coefficient (Wildman–Crippen LogP) is 2.54. The zero-order valence-electron chi connectivity index (χ0n) is 10.2. The number of hydrogen-bond acceptors (Lipinski definition) is 1. The molecule has 0 bridgehead atoms. The summed E-state index contributed by atoms with van der Waals surface area (Å²) in [6.45, 7) is 8.66. The molecule has 1 atom stereocenters. The van der Waals surface area contributed by atoms with Crippen LogP contribution < -0.4 is 5.19 Å². The summed E-state index contributed by atoms with van der Waals surface area (Å²) >= 11 is 0. The SMILES string of the molecule is C=C[Si](c1ccccc1)(C(C)C)N(C)C. The zero-order valence-corrected chi connectivity index (χ0v) is 11.2. The molecule has 2 heteroatoms. The van der Waals surface area contributed by atoms with Crippen molar-refractivity contribution in [2.75, 3.05) is 14.1 Å². The molecule has 0 saturated heterocycles.